The first-order valence-electron chi connectivity index (χ1n) is 16.3. The molecule has 0 atom stereocenters. The lowest BCUT2D eigenvalue weighted by atomic mass is 9.81. The Hall–Kier alpha value is -4.04. The van der Waals surface area contributed by atoms with Crippen LogP contribution in [-0.4, -0.2) is 49.5 Å². The van der Waals surface area contributed by atoms with Crippen molar-refractivity contribution < 1.29 is 14.7 Å². The molecular weight excluding hydrogens is 580 g/mol. The molecule has 2 fully saturated rings. The van der Waals surface area contributed by atoms with Gasteiger partial charge in [0.05, 0.1) is 43.6 Å². The number of nitrogens with zero attached hydrogens (tertiary/aromatic N) is 4. The lowest BCUT2D eigenvalue weighted by Gasteiger charge is -2.31. The number of carboxylic acids is 1. The van der Waals surface area contributed by atoms with E-state index in [0.29, 0.717) is 11.8 Å². The number of hydrogen-bond donors (Lipinski definition) is 1. The quantitative estimate of drug-likeness (QED) is 0.205. The van der Waals surface area contributed by atoms with Gasteiger partial charge in [0, 0.05) is 23.9 Å². The van der Waals surface area contributed by atoms with Crippen molar-refractivity contribution in [2.45, 2.75) is 78.2 Å². The van der Waals surface area contributed by atoms with Gasteiger partial charge in [-0.1, -0.05) is 44.4 Å². The summed E-state index contributed by atoms with van der Waals surface area (Å²) in [6.07, 6.45) is 7.81. The smallest absolute Gasteiger partial charge is 0.335 e. The molecule has 7 rings (SSSR count). The first-order chi connectivity index (χ1) is 21.8. The molecule has 1 amide bonds. The van der Waals surface area contributed by atoms with Crippen LogP contribution >= 0.6 is 11.3 Å². The third kappa shape index (κ3) is 5.65. The number of carboxylic acid groups (broad SMARTS) is 1. The second-order valence-electron chi connectivity index (χ2n) is 13.0. The van der Waals surface area contributed by atoms with Crippen LogP contribution in [0.25, 0.3) is 43.6 Å². The average molecular weight is 621 g/mol. The largest absolute Gasteiger partial charge is 0.478 e. The maximum atomic E-state index is 13.9. The number of carbonyl (C=O) groups is 2. The van der Waals surface area contributed by atoms with Gasteiger partial charge in [0.25, 0.3) is 0 Å². The molecule has 0 bridgehead atoms. The molecule has 5 aromatic rings. The molecule has 1 aliphatic carbocycles. The van der Waals surface area contributed by atoms with Gasteiger partial charge in [0.2, 0.25) is 5.91 Å². The zero-order valence-electron chi connectivity index (χ0n) is 26.3. The number of pyridine rings is 1. The summed E-state index contributed by atoms with van der Waals surface area (Å²) in [5.74, 6) is 0.121. The number of benzene rings is 2. The number of piperidine rings is 1. The predicted molar refractivity (Wildman–Crippen MR) is 181 cm³/mol. The summed E-state index contributed by atoms with van der Waals surface area (Å²) < 4.78 is 2.12. The summed E-state index contributed by atoms with van der Waals surface area (Å²) in [6.45, 7) is 8.03. The molecule has 1 saturated heterocycles. The number of likely N-dealkylation sites (tertiary alicyclic amines) is 1. The number of amides is 1. The SMILES string of the molecule is Cc1nc(C)c(-c2ccc3cc(-c4c(C5CCCCC5)c5ccc(C(=O)O)cc5n4CC(=O)N4CCC(C)CC4)ccc3n2)s1. The van der Waals surface area contributed by atoms with Gasteiger partial charge in [0.15, 0.2) is 0 Å². The second-order valence-corrected chi connectivity index (χ2v) is 14.2. The number of rotatable bonds is 6. The van der Waals surface area contributed by atoms with E-state index in [0.717, 1.165) is 93.1 Å². The van der Waals surface area contributed by atoms with Crippen LogP contribution < -0.4 is 0 Å². The van der Waals surface area contributed by atoms with Crippen molar-refractivity contribution >= 4 is 45.0 Å². The molecule has 0 radical (unpaired) electrons. The van der Waals surface area contributed by atoms with Crippen LogP contribution in [0.15, 0.2) is 48.5 Å². The van der Waals surface area contributed by atoms with Gasteiger partial charge in [-0.15, -0.1) is 11.3 Å². The van der Waals surface area contributed by atoms with Crippen molar-refractivity contribution in [1.82, 2.24) is 19.4 Å². The molecule has 2 aliphatic rings. The minimum Gasteiger partial charge on any atom is -0.478 e. The molecule has 1 saturated carbocycles. The Kier molecular flexibility index (Phi) is 7.94. The van der Waals surface area contributed by atoms with Gasteiger partial charge < -0.3 is 14.6 Å². The summed E-state index contributed by atoms with van der Waals surface area (Å²) in [5.41, 5.74) is 7.24. The van der Waals surface area contributed by atoms with E-state index in [2.05, 4.69) is 46.8 Å². The highest BCUT2D eigenvalue weighted by Crippen LogP contribution is 2.45. The Bertz CT molecular complexity index is 1930. The first kappa shape index (κ1) is 29.7. The zero-order chi connectivity index (χ0) is 31.2. The van der Waals surface area contributed by atoms with Crippen LogP contribution in [0.4, 0.5) is 0 Å². The lowest BCUT2D eigenvalue weighted by Crippen LogP contribution is -2.39. The van der Waals surface area contributed by atoms with Crippen LogP contribution in [0.5, 0.6) is 0 Å². The fourth-order valence-corrected chi connectivity index (χ4v) is 8.34. The monoisotopic (exact) mass is 620 g/mol. The van der Waals surface area contributed by atoms with Crippen LogP contribution in [0.2, 0.25) is 0 Å². The van der Waals surface area contributed by atoms with E-state index in [1.54, 1.807) is 23.5 Å². The third-order valence-corrected chi connectivity index (χ3v) is 11.0. The number of fused-ring (bicyclic) bond motifs is 2. The Morgan fingerprint density at radius 1 is 0.933 bits per heavy atom. The van der Waals surface area contributed by atoms with Crippen molar-refractivity contribution in [1.29, 1.82) is 0 Å². The third-order valence-electron chi connectivity index (χ3n) is 9.89. The van der Waals surface area contributed by atoms with E-state index in [1.807, 2.05) is 24.8 Å². The van der Waals surface area contributed by atoms with Crippen molar-refractivity contribution in [2.24, 2.45) is 5.92 Å². The number of hydrogen-bond acceptors (Lipinski definition) is 5. The fourth-order valence-electron chi connectivity index (χ4n) is 7.45. The minimum atomic E-state index is -0.958. The van der Waals surface area contributed by atoms with E-state index in [1.165, 1.54) is 24.8 Å². The first-order valence-corrected chi connectivity index (χ1v) is 17.1. The van der Waals surface area contributed by atoms with Crippen molar-refractivity contribution in [3.8, 4) is 21.8 Å². The molecule has 2 aromatic carbocycles. The Balaban J connectivity index is 1.40. The van der Waals surface area contributed by atoms with Crippen molar-refractivity contribution in [2.75, 3.05) is 13.1 Å². The molecule has 0 spiro atoms. The molecule has 7 nitrogen and oxygen atoms in total. The van der Waals surface area contributed by atoms with Crippen LogP contribution in [0.3, 0.4) is 0 Å². The maximum absolute atomic E-state index is 13.9. The van der Waals surface area contributed by atoms with E-state index in [-0.39, 0.29) is 18.0 Å². The normalized spacial score (nSPS) is 16.6. The standard InChI is InChI=1S/C37H40N4O3S/c1-22-15-17-40(18-16-22)33(42)21-41-32-20-28(37(43)44)9-12-29(32)34(25-7-5-4-6-8-25)35(41)27-11-13-30-26(19-27)10-14-31(39-30)36-23(2)38-24(3)45-36/h9-14,19-20,22,25H,4-8,15-18,21H2,1-3H3,(H,43,44). The molecule has 45 heavy (non-hydrogen) atoms. The van der Waals surface area contributed by atoms with Gasteiger partial charge in [-0.2, -0.15) is 0 Å². The minimum absolute atomic E-state index is 0.0956. The number of aromatic nitrogens is 3. The van der Waals surface area contributed by atoms with E-state index >= 15 is 0 Å². The van der Waals surface area contributed by atoms with Gasteiger partial charge in [-0.25, -0.2) is 14.8 Å². The molecule has 232 valence electrons. The van der Waals surface area contributed by atoms with Crippen molar-refractivity contribution in [3.05, 3.63) is 70.4 Å². The molecule has 1 aliphatic heterocycles. The van der Waals surface area contributed by atoms with Gasteiger partial charge in [-0.05, 0) is 92.8 Å². The highest BCUT2D eigenvalue weighted by atomic mass is 32.1. The van der Waals surface area contributed by atoms with Crippen molar-refractivity contribution in [3.63, 3.8) is 0 Å². The number of thiazole rings is 1. The number of carbonyl (C=O) groups excluding carboxylic acids is 1. The highest BCUT2D eigenvalue weighted by Gasteiger charge is 2.29. The van der Waals surface area contributed by atoms with Crippen LogP contribution in [0.1, 0.15) is 84.4 Å². The molecule has 0 unspecified atom stereocenters. The molecule has 8 heteroatoms. The lowest BCUT2D eigenvalue weighted by molar-refractivity contribution is -0.133. The highest BCUT2D eigenvalue weighted by molar-refractivity contribution is 7.15. The maximum Gasteiger partial charge on any atom is 0.335 e. The topological polar surface area (TPSA) is 88.3 Å². The average Bonchev–Trinajstić information content (AvgIpc) is 3.56. The Morgan fingerprint density at radius 2 is 1.71 bits per heavy atom. The summed E-state index contributed by atoms with van der Waals surface area (Å²) >= 11 is 1.66. The molecule has 1 N–H and O–H groups in total. The fraction of sp³-hybridized carbons (Fsp3) is 0.405. The summed E-state index contributed by atoms with van der Waals surface area (Å²) in [7, 11) is 0. The summed E-state index contributed by atoms with van der Waals surface area (Å²) in [5, 5.41) is 13.1. The Morgan fingerprint density at radius 3 is 2.42 bits per heavy atom. The van der Waals surface area contributed by atoms with E-state index in [4.69, 9.17) is 4.98 Å². The second kappa shape index (κ2) is 12.0. The Labute approximate surface area is 267 Å². The predicted octanol–water partition coefficient (Wildman–Crippen LogP) is 8.60. The summed E-state index contributed by atoms with van der Waals surface area (Å²) in [6, 6.07) is 16.1. The van der Waals surface area contributed by atoms with Gasteiger partial charge in [0.1, 0.15) is 6.54 Å². The van der Waals surface area contributed by atoms with E-state index < -0.39 is 5.97 Å². The molecule has 3 aromatic heterocycles. The van der Waals surface area contributed by atoms with Crippen LogP contribution in [-0.2, 0) is 11.3 Å². The van der Waals surface area contributed by atoms with Gasteiger partial charge >= 0.3 is 5.97 Å². The van der Waals surface area contributed by atoms with Crippen LogP contribution in [0, 0.1) is 19.8 Å². The van der Waals surface area contributed by atoms with Gasteiger partial charge in [-0.3, -0.25) is 4.79 Å². The summed E-state index contributed by atoms with van der Waals surface area (Å²) in [4.78, 5) is 38.7. The molecule has 4 heterocycles. The van der Waals surface area contributed by atoms with E-state index in [9.17, 15) is 14.7 Å². The zero-order valence-corrected chi connectivity index (χ0v) is 27.1. The number of aryl methyl sites for hydroxylation is 2. The number of aromatic carboxylic acids is 1. The molecular formula is C37H40N4O3S.